The Balaban J connectivity index is 1.05. The lowest BCUT2D eigenvalue weighted by Crippen LogP contribution is -2.69. The van der Waals surface area contributed by atoms with Gasteiger partial charge in [-0.15, -0.1) is 0 Å². The van der Waals surface area contributed by atoms with Crippen LogP contribution in [0.15, 0.2) is 71.1 Å². The van der Waals surface area contributed by atoms with Crippen molar-refractivity contribution in [3.8, 4) is 0 Å². The molecule has 2 amide bonds. The summed E-state index contributed by atoms with van der Waals surface area (Å²) in [7, 11) is -0.467. The number of nitrogens with one attached hydrogen (secondary N) is 1. The molecule has 2 aromatic rings. The van der Waals surface area contributed by atoms with Crippen LogP contribution in [0.1, 0.15) is 56.9 Å². The number of carbonyl (C=O) groups excluding carboxylic acids is 2. The third-order valence-electron chi connectivity index (χ3n) is 13.9. The van der Waals surface area contributed by atoms with Gasteiger partial charge in [-0.3, -0.25) is 9.79 Å². The fourth-order valence-electron chi connectivity index (χ4n) is 10.8. The summed E-state index contributed by atoms with van der Waals surface area (Å²) in [6, 6.07) is 13.8. The largest absolute Gasteiger partial charge is 0.453 e. The minimum atomic E-state index is -3.61. The maximum absolute atomic E-state index is 15.2. The summed E-state index contributed by atoms with van der Waals surface area (Å²) in [5, 5.41) is 2.50. The van der Waals surface area contributed by atoms with Gasteiger partial charge in [0.2, 0.25) is 5.91 Å². The molecule has 310 valence electrons. The number of likely N-dealkylation sites (tertiary alicyclic amines) is 3. The molecule has 0 aromatic heterocycles. The number of methoxy groups -OCH3 is 2. The van der Waals surface area contributed by atoms with Crippen LogP contribution in [0.5, 0.6) is 0 Å². The summed E-state index contributed by atoms with van der Waals surface area (Å²) in [5.74, 6) is -0.372. The van der Waals surface area contributed by atoms with E-state index >= 15 is 4.39 Å². The second kappa shape index (κ2) is 16.8. The average Bonchev–Trinajstić information content (AvgIpc) is 3.62. The van der Waals surface area contributed by atoms with Crippen molar-refractivity contribution < 1.29 is 31.9 Å². The maximum Gasteiger partial charge on any atom is 0.407 e. The van der Waals surface area contributed by atoms with Gasteiger partial charge in [-0.1, -0.05) is 18.7 Å². The molecule has 0 radical (unpaired) electrons. The molecular weight excluding hydrogens is 748 g/mol. The molecule has 2 aromatic carbocycles. The number of rotatable bonds is 14. The van der Waals surface area contributed by atoms with Crippen LogP contribution in [-0.2, 0) is 29.5 Å². The molecule has 14 heteroatoms. The van der Waals surface area contributed by atoms with Crippen LogP contribution in [0.3, 0.4) is 0 Å². The van der Waals surface area contributed by atoms with Crippen LogP contribution in [0.25, 0.3) is 0 Å². The molecule has 0 bridgehead atoms. The van der Waals surface area contributed by atoms with Gasteiger partial charge in [0.1, 0.15) is 11.4 Å². The summed E-state index contributed by atoms with van der Waals surface area (Å²) < 4.78 is 53.7. The number of nitrogens with zero attached hydrogens (tertiary/aromatic N) is 5. The number of halogens is 1. The molecule has 4 atom stereocenters. The molecule has 1 N–H and O–H groups in total. The number of hydrogen-bond donors (Lipinski definition) is 1. The molecule has 5 fully saturated rings. The van der Waals surface area contributed by atoms with Crippen molar-refractivity contribution in [3.63, 3.8) is 0 Å². The Bertz CT molecular complexity index is 1900. The van der Waals surface area contributed by atoms with Crippen molar-refractivity contribution in [2.75, 3.05) is 84.6 Å². The zero-order valence-corrected chi connectivity index (χ0v) is 34.4. The Labute approximate surface area is 337 Å². The van der Waals surface area contributed by atoms with Gasteiger partial charge in [0.05, 0.1) is 41.9 Å². The van der Waals surface area contributed by atoms with Gasteiger partial charge in [0.15, 0.2) is 9.84 Å². The number of amides is 2. The van der Waals surface area contributed by atoms with E-state index in [-0.39, 0.29) is 40.7 Å². The first kappa shape index (κ1) is 41.3. The Morgan fingerprint density at radius 1 is 0.982 bits per heavy atom. The van der Waals surface area contributed by atoms with Gasteiger partial charge in [-0.2, -0.15) is 0 Å². The van der Waals surface area contributed by atoms with Gasteiger partial charge in [-0.05, 0) is 138 Å². The van der Waals surface area contributed by atoms with Crippen molar-refractivity contribution in [1.82, 2.24) is 20.0 Å². The normalized spacial score (nSPS) is 26.8. The molecule has 1 saturated carbocycles. The van der Waals surface area contributed by atoms with E-state index in [0.29, 0.717) is 39.0 Å². The SMILES string of the molecule is C=CC(=O)N1CCC[C@@H](S(=O)(=O)c2ccc(N3CC(CN4CCC(C(CN5CCC5)(c5cccc(F)c5)[C@@]5(N=C)CCC[C@@H]5NC(=O)OC)CC4)(OC)C3)cc2)C1. The van der Waals surface area contributed by atoms with Gasteiger partial charge < -0.3 is 34.4 Å². The van der Waals surface area contributed by atoms with Crippen molar-refractivity contribution in [2.45, 2.75) is 84.1 Å². The number of aliphatic imine (C=N–C) groups is 1. The number of alkyl carbamates (subject to hydrolysis) is 1. The average molecular weight is 807 g/mol. The highest BCUT2D eigenvalue weighted by Crippen LogP contribution is 2.56. The highest BCUT2D eigenvalue weighted by molar-refractivity contribution is 7.92. The minimum Gasteiger partial charge on any atom is -0.453 e. The third kappa shape index (κ3) is 7.74. The number of carbonyl (C=O) groups is 2. The van der Waals surface area contributed by atoms with E-state index < -0.39 is 32.1 Å². The molecule has 12 nitrogen and oxygen atoms in total. The molecule has 4 aliphatic heterocycles. The Morgan fingerprint density at radius 3 is 2.33 bits per heavy atom. The molecule has 4 heterocycles. The quantitative estimate of drug-likeness (QED) is 0.214. The first-order chi connectivity index (χ1) is 27.4. The number of hydrogen-bond acceptors (Lipinski definition) is 10. The lowest BCUT2D eigenvalue weighted by atomic mass is 9.54. The number of ether oxygens (including phenoxy) is 2. The Morgan fingerprint density at radius 2 is 1.72 bits per heavy atom. The summed E-state index contributed by atoms with van der Waals surface area (Å²) in [5.41, 5.74) is 0.117. The van der Waals surface area contributed by atoms with Gasteiger partial charge >= 0.3 is 6.09 Å². The van der Waals surface area contributed by atoms with Gasteiger partial charge in [0.25, 0.3) is 0 Å². The van der Waals surface area contributed by atoms with E-state index in [9.17, 15) is 18.0 Å². The minimum absolute atomic E-state index is 0.145. The summed E-state index contributed by atoms with van der Waals surface area (Å²) >= 11 is 0. The van der Waals surface area contributed by atoms with E-state index in [1.807, 2.05) is 12.1 Å². The molecule has 5 aliphatic rings. The van der Waals surface area contributed by atoms with Gasteiger partial charge in [0, 0.05) is 44.4 Å². The summed E-state index contributed by atoms with van der Waals surface area (Å²) in [6.45, 7) is 14.9. The van der Waals surface area contributed by atoms with Crippen LogP contribution in [0, 0.1) is 11.7 Å². The smallest absolute Gasteiger partial charge is 0.407 e. The van der Waals surface area contributed by atoms with Crippen LogP contribution in [-0.4, -0.2) is 144 Å². The van der Waals surface area contributed by atoms with Crippen molar-refractivity contribution in [2.24, 2.45) is 10.9 Å². The standard InChI is InChI=1S/C43H59FN6O6S/c1-5-39(51)49-23-8-12-37(27-49)57(53,54)36-16-14-35(15-17-36)50-29-41(30-50,56-4)28-48-24-18-32(19-25-48)42(31-47-21-9-22-47,33-10-6-11-34(44)26-33)43(45-2)20-7-13-38(43)46-40(52)55-3/h5-6,10-11,14-17,26,32,37-38H,1-2,7-9,12-13,18-25,27-31H2,3-4H3,(H,46,52)/t37-,38+,42?,43-/m1/s1. The first-order valence-electron chi connectivity index (χ1n) is 20.5. The van der Waals surface area contributed by atoms with E-state index in [0.717, 1.165) is 82.5 Å². The Kier molecular flexibility index (Phi) is 12.2. The summed E-state index contributed by atoms with van der Waals surface area (Å²) in [4.78, 5) is 38.9. The van der Waals surface area contributed by atoms with Crippen LogP contribution in [0.2, 0.25) is 0 Å². The summed E-state index contributed by atoms with van der Waals surface area (Å²) in [6.07, 6.45) is 7.11. The van der Waals surface area contributed by atoms with E-state index in [1.54, 1.807) is 36.3 Å². The van der Waals surface area contributed by atoms with Crippen molar-refractivity contribution in [3.05, 3.63) is 72.6 Å². The van der Waals surface area contributed by atoms with Crippen molar-refractivity contribution >= 4 is 34.2 Å². The highest BCUT2D eigenvalue weighted by atomic mass is 32.2. The zero-order valence-electron chi connectivity index (χ0n) is 33.5. The molecule has 7 rings (SSSR count). The predicted octanol–water partition coefficient (Wildman–Crippen LogP) is 4.69. The first-order valence-corrected chi connectivity index (χ1v) is 22.1. The van der Waals surface area contributed by atoms with Crippen molar-refractivity contribution in [1.29, 1.82) is 0 Å². The fraction of sp³-hybridized carbons (Fsp3) is 0.605. The highest BCUT2D eigenvalue weighted by Gasteiger charge is 2.63. The van der Waals surface area contributed by atoms with E-state index in [2.05, 4.69) is 39.4 Å². The number of sulfone groups is 1. The predicted molar refractivity (Wildman–Crippen MR) is 219 cm³/mol. The van der Waals surface area contributed by atoms with E-state index in [1.165, 1.54) is 19.3 Å². The topological polar surface area (TPSA) is 124 Å². The second-order valence-electron chi connectivity index (χ2n) is 16.9. The fourth-order valence-corrected chi connectivity index (χ4v) is 12.5. The monoisotopic (exact) mass is 806 g/mol. The van der Waals surface area contributed by atoms with Crippen LogP contribution >= 0.6 is 0 Å². The second-order valence-corrected chi connectivity index (χ2v) is 19.1. The zero-order chi connectivity index (χ0) is 40.4. The van der Waals surface area contributed by atoms with E-state index in [4.69, 9.17) is 14.5 Å². The van der Waals surface area contributed by atoms with Crippen LogP contribution in [0.4, 0.5) is 14.9 Å². The molecule has 0 spiro atoms. The number of anilines is 1. The van der Waals surface area contributed by atoms with Crippen LogP contribution < -0.4 is 10.2 Å². The Hall–Kier alpha value is -3.85. The molecular formula is C43H59FN6O6S. The lowest BCUT2D eigenvalue weighted by molar-refractivity contribution is -0.126. The maximum atomic E-state index is 15.2. The number of benzene rings is 2. The van der Waals surface area contributed by atoms with Gasteiger partial charge in [-0.25, -0.2) is 17.6 Å². The lowest BCUT2D eigenvalue weighted by Gasteiger charge is -2.58. The molecule has 1 unspecified atom stereocenters. The molecule has 1 aliphatic carbocycles. The number of piperidine rings is 2. The molecule has 4 saturated heterocycles. The molecule has 57 heavy (non-hydrogen) atoms. The third-order valence-corrected chi connectivity index (χ3v) is 16.1.